The highest BCUT2D eigenvalue weighted by Gasteiger charge is 2.24. The van der Waals surface area contributed by atoms with Crippen molar-refractivity contribution in [2.24, 2.45) is 0 Å². The van der Waals surface area contributed by atoms with Crippen LogP contribution in [0.3, 0.4) is 0 Å². The number of amides is 1. The minimum absolute atomic E-state index is 0.0113. The van der Waals surface area contributed by atoms with Crippen LogP contribution in [0.5, 0.6) is 0 Å². The lowest BCUT2D eigenvalue weighted by molar-refractivity contribution is -0.115. The van der Waals surface area contributed by atoms with Crippen molar-refractivity contribution in [1.82, 2.24) is 4.90 Å². The largest absolute Gasteiger partial charge is 0.324 e. The van der Waals surface area contributed by atoms with E-state index < -0.39 is 0 Å². The second kappa shape index (κ2) is 5.12. The lowest BCUT2D eigenvalue weighted by Gasteiger charge is -2.24. The van der Waals surface area contributed by atoms with Crippen molar-refractivity contribution in [3.8, 4) is 0 Å². The molecule has 0 fully saturated rings. The van der Waals surface area contributed by atoms with Crippen LogP contribution in [0.1, 0.15) is 18.5 Å². The quantitative estimate of drug-likeness (QED) is 0.847. The van der Waals surface area contributed by atoms with E-state index >= 15 is 0 Å². The third-order valence-electron chi connectivity index (χ3n) is 2.96. The molecule has 1 N–H and O–H groups in total. The van der Waals surface area contributed by atoms with Gasteiger partial charge in [-0.1, -0.05) is 6.07 Å². The van der Waals surface area contributed by atoms with Gasteiger partial charge in [0, 0.05) is 4.90 Å². The molecule has 4 nitrogen and oxygen atoms in total. The summed E-state index contributed by atoms with van der Waals surface area (Å²) >= 11 is 1.54. The number of rotatable bonds is 3. The Morgan fingerprint density at radius 2 is 2.17 bits per heavy atom. The van der Waals surface area contributed by atoms with E-state index in [1.54, 1.807) is 11.8 Å². The molecule has 2 atom stereocenters. The maximum Gasteiger partial charge on any atom is 0.237 e. The van der Waals surface area contributed by atoms with Gasteiger partial charge in [-0.05, 0) is 38.7 Å². The molecule has 0 saturated heterocycles. The topological polar surface area (TPSA) is 49.4 Å². The Morgan fingerprint density at radius 3 is 2.78 bits per heavy atom. The normalized spacial score (nSPS) is 20.2. The van der Waals surface area contributed by atoms with Gasteiger partial charge in [0.15, 0.2) is 0 Å². The Labute approximate surface area is 111 Å². The van der Waals surface area contributed by atoms with Crippen molar-refractivity contribution < 1.29 is 9.59 Å². The number of nitrogens with zero attached hydrogens (tertiary/aromatic N) is 1. The highest BCUT2D eigenvalue weighted by Crippen LogP contribution is 2.37. The molecule has 0 saturated carbocycles. The highest BCUT2D eigenvalue weighted by molar-refractivity contribution is 8.00. The molecule has 5 heteroatoms. The number of carbonyl (C=O) groups excluding carboxylic acids is 2. The Balaban J connectivity index is 2.35. The molecule has 1 aromatic rings. The number of aldehydes is 1. The monoisotopic (exact) mass is 264 g/mol. The van der Waals surface area contributed by atoms with Gasteiger partial charge in [-0.25, -0.2) is 0 Å². The fourth-order valence-corrected chi connectivity index (χ4v) is 2.84. The van der Waals surface area contributed by atoms with E-state index in [0.29, 0.717) is 0 Å². The van der Waals surface area contributed by atoms with Gasteiger partial charge >= 0.3 is 0 Å². The zero-order chi connectivity index (χ0) is 13.3. The summed E-state index contributed by atoms with van der Waals surface area (Å²) in [5, 5.41) is 2.80. The van der Waals surface area contributed by atoms with Crippen LogP contribution in [0.2, 0.25) is 0 Å². The van der Waals surface area contributed by atoms with Gasteiger partial charge in [0.25, 0.3) is 0 Å². The number of carbonyl (C=O) groups is 2. The third kappa shape index (κ3) is 2.42. The molecule has 1 heterocycles. The number of benzene rings is 1. The number of likely N-dealkylation sites (N-methyl/N-ethyl adjacent to an activating group) is 1. The van der Waals surface area contributed by atoms with E-state index in [4.69, 9.17) is 0 Å². The predicted molar refractivity (Wildman–Crippen MR) is 72.9 cm³/mol. The molecular formula is C13H16N2O2S. The summed E-state index contributed by atoms with van der Waals surface area (Å²) in [6.45, 7) is 1.88. The van der Waals surface area contributed by atoms with Gasteiger partial charge in [-0.15, -0.1) is 11.8 Å². The average molecular weight is 264 g/mol. The first-order chi connectivity index (χ1) is 8.52. The van der Waals surface area contributed by atoms with Crippen LogP contribution in [0.15, 0.2) is 23.1 Å². The number of hydrogen-bond donors (Lipinski definition) is 1. The number of thioether (sulfide) groups is 1. The molecule has 1 amide bonds. The zero-order valence-corrected chi connectivity index (χ0v) is 11.5. The number of nitrogens with one attached hydrogen (secondary N) is 1. The summed E-state index contributed by atoms with van der Waals surface area (Å²) in [5.74, 6) is 0.0113. The van der Waals surface area contributed by atoms with Crippen LogP contribution in [-0.2, 0) is 9.59 Å². The van der Waals surface area contributed by atoms with E-state index in [1.165, 1.54) is 0 Å². The first-order valence-electron chi connectivity index (χ1n) is 5.76. The molecule has 0 bridgehead atoms. The van der Waals surface area contributed by atoms with Crippen LogP contribution in [-0.4, -0.2) is 36.4 Å². The van der Waals surface area contributed by atoms with Gasteiger partial charge in [0.1, 0.15) is 6.29 Å². The summed E-state index contributed by atoms with van der Waals surface area (Å²) in [6.07, 6.45) is 0.905. The molecule has 2 unspecified atom stereocenters. The van der Waals surface area contributed by atoms with Gasteiger partial charge in [-0.3, -0.25) is 9.69 Å². The van der Waals surface area contributed by atoms with Crippen molar-refractivity contribution in [3.63, 3.8) is 0 Å². The molecule has 1 aliphatic rings. The SMILES string of the molecule is CC1Sc2ccc(C(C=O)N(C)C)cc2NC1=O. The van der Waals surface area contributed by atoms with Crippen molar-refractivity contribution >= 4 is 29.6 Å². The second-order valence-corrected chi connectivity index (χ2v) is 5.93. The van der Waals surface area contributed by atoms with Crippen molar-refractivity contribution in [3.05, 3.63) is 23.8 Å². The molecule has 18 heavy (non-hydrogen) atoms. The molecule has 1 aliphatic heterocycles. The van der Waals surface area contributed by atoms with Crippen LogP contribution in [0.4, 0.5) is 5.69 Å². The van der Waals surface area contributed by atoms with Gasteiger partial charge < -0.3 is 10.1 Å². The van der Waals surface area contributed by atoms with Crippen LogP contribution >= 0.6 is 11.8 Å². The minimum Gasteiger partial charge on any atom is -0.324 e. The van der Waals surface area contributed by atoms with Crippen molar-refractivity contribution in [2.45, 2.75) is 23.1 Å². The standard InChI is InChI=1S/C13H16N2O2S/c1-8-13(17)14-10-6-9(4-5-12(10)18-8)11(7-16)15(2)3/h4-8,11H,1-3H3,(H,14,17). The van der Waals surface area contributed by atoms with Gasteiger partial charge in [-0.2, -0.15) is 0 Å². The summed E-state index contributed by atoms with van der Waals surface area (Å²) in [6, 6.07) is 5.50. The molecule has 1 aromatic carbocycles. The van der Waals surface area contributed by atoms with Crippen LogP contribution in [0, 0.1) is 0 Å². The van der Waals surface area contributed by atoms with E-state index in [1.807, 2.05) is 44.1 Å². The summed E-state index contributed by atoms with van der Waals surface area (Å²) in [4.78, 5) is 25.6. The zero-order valence-electron chi connectivity index (χ0n) is 10.6. The lowest BCUT2D eigenvalue weighted by Crippen LogP contribution is -2.27. The summed E-state index contributed by atoms with van der Waals surface area (Å²) in [5.41, 5.74) is 1.69. The first-order valence-corrected chi connectivity index (χ1v) is 6.64. The second-order valence-electron chi connectivity index (χ2n) is 4.55. The maximum atomic E-state index is 11.6. The van der Waals surface area contributed by atoms with Gasteiger partial charge in [0.05, 0.1) is 17.0 Å². The fourth-order valence-electron chi connectivity index (χ4n) is 1.91. The minimum atomic E-state index is -0.281. The first kappa shape index (κ1) is 13.1. The number of fused-ring (bicyclic) bond motifs is 1. The Morgan fingerprint density at radius 1 is 1.44 bits per heavy atom. The molecule has 0 aromatic heterocycles. The van der Waals surface area contributed by atoms with E-state index in [2.05, 4.69) is 5.32 Å². The summed E-state index contributed by atoms with van der Waals surface area (Å²) < 4.78 is 0. The molecule has 0 radical (unpaired) electrons. The Kier molecular flexibility index (Phi) is 3.73. The van der Waals surface area contributed by atoms with Gasteiger partial charge in [0.2, 0.25) is 5.91 Å². The van der Waals surface area contributed by atoms with E-state index in [-0.39, 0.29) is 17.2 Å². The Bertz CT molecular complexity index is 488. The third-order valence-corrected chi connectivity index (χ3v) is 4.14. The Hall–Kier alpha value is -1.33. The van der Waals surface area contributed by atoms with Crippen molar-refractivity contribution in [1.29, 1.82) is 0 Å². The maximum absolute atomic E-state index is 11.6. The summed E-state index contributed by atoms with van der Waals surface area (Å²) in [7, 11) is 3.71. The average Bonchev–Trinajstić information content (AvgIpc) is 2.31. The van der Waals surface area contributed by atoms with Crippen molar-refractivity contribution in [2.75, 3.05) is 19.4 Å². The lowest BCUT2D eigenvalue weighted by atomic mass is 10.1. The van der Waals surface area contributed by atoms with E-state index in [9.17, 15) is 9.59 Å². The van der Waals surface area contributed by atoms with Crippen LogP contribution < -0.4 is 5.32 Å². The highest BCUT2D eigenvalue weighted by atomic mass is 32.2. The fraction of sp³-hybridized carbons (Fsp3) is 0.385. The molecular weight excluding hydrogens is 248 g/mol. The van der Waals surface area contributed by atoms with E-state index in [0.717, 1.165) is 22.4 Å². The molecule has 2 rings (SSSR count). The molecule has 96 valence electrons. The molecule has 0 spiro atoms. The predicted octanol–water partition coefficient (Wildman–Crippen LogP) is 1.92. The smallest absolute Gasteiger partial charge is 0.237 e. The van der Waals surface area contributed by atoms with Crippen LogP contribution in [0.25, 0.3) is 0 Å². The number of anilines is 1. The number of hydrogen-bond acceptors (Lipinski definition) is 4. The molecule has 0 aliphatic carbocycles.